The van der Waals surface area contributed by atoms with Crippen molar-refractivity contribution in [3.63, 3.8) is 0 Å². The van der Waals surface area contributed by atoms with E-state index in [1.807, 2.05) is 12.1 Å². The van der Waals surface area contributed by atoms with Crippen molar-refractivity contribution in [3.05, 3.63) is 39.9 Å². The van der Waals surface area contributed by atoms with Crippen LogP contribution in [0.25, 0.3) is 0 Å². The number of nitro benzene ring substituents is 1. The molecule has 0 aliphatic carbocycles. The van der Waals surface area contributed by atoms with Gasteiger partial charge in [-0.2, -0.15) is 0 Å². The van der Waals surface area contributed by atoms with Gasteiger partial charge in [0.25, 0.3) is 5.69 Å². The summed E-state index contributed by atoms with van der Waals surface area (Å²) in [6, 6.07) is 7.57. The molecule has 0 spiro atoms. The molecule has 88 valence electrons. The van der Waals surface area contributed by atoms with Gasteiger partial charge >= 0.3 is 0 Å². The average molecular weight is 222 g/mol. The standard InChI is InChI=1S/C12H18N2O2/c1-9(2)13-10(3)8-11-4-6-12(7-5-11)14(15)16/h4-7,9-10,13H,8H2,1-3H3. The van der Waals surface area contributed by atoms with Gasteiger partial charge < -0.3 is 5.32 Å². The number of benzene rings is 1. The Hall–Kier alpha value is -1.42. The lowest BCUT2D eigenvalue weighted by Crippen LogP contribution is -2.33. The van der Waals surface area contributed by atoms with Crippen LogP contribution in [0.15, 0.2) is 24.3 Å². The van der Waals surface area contributed by atoms with Gasteiger partial charge in [0.05, 0.1) is 4.92 Å². The fraction of sp³-hybridized carbons (Fsp3) is 0.500. The van der Waals surface area contributed by atoms with Crippen LogP contribution in [-0.2, 0) is 6.42 Å². The summed E-state index contributed by atoms with van der Waals surface area (Å²) in [5.74, 6) is 0. The molecule has 1 aromatic rings. The van der Waals surface area contributed by atoms with Crippen LogP contribution in [0.4, 0.5) is 5.69 Å². The maximum Gasteiger partial charge on any atom is 0.269 e. The summed E-state index contributed by atoms with van der Waals surface area (Å²) in [5.41, 5.74) is 1.26. The van der Waals surface area contributed by atoms with Gasteiger partial charge in [-0.05, 0) is 18.9 Å². The zero-order valence-corrected chi connectivity index (χ0v) is 9.93. The van der Waals surface area contributed by atoms with Crippen molar-refractivity contribution in [2.75, 3.05) is 0 Å². The molecule has 1 rings (SSSR count). The number of hydrogen-bond donors (Lipinski definition) is 1. The SMILES string of the molecule is CC(C)NC(C)Cc1ccc([N+](=O)[O-])cc1. The highest BCUT2D eigenvalue weighted by Crippen LogP contribution is 2.13. The number of non-ortho nitro benzene ring substituents is 1. The minimum Gasteiger partial charge on any atom is -0.312 e. The maximum atomic E-state index is 10.5. The van der Waals surface area contributed by atoms with E-state index >= 15 is 0 Å². The van der Waals surface area contributed by atoms with Gasteiger partial charge in [0.1, 0.15) is 0 Å². The van der Waals surface area contributed by atoms with Crippen molar-refractivity contribution in [2.45, 2.75) is 39.3 Å². The van der Waals surface area contributed by atoms with E-state index in [0.29, 0.717) is 12.1 Å². The summed E-state index contributed by atoms with van der Waals surface area (Å²) in [5, 5.41) is 13.9. The second-order valence-electron chi connectivity index (χ2n) is 4.35. The summed E-state index contributed by atoms with van der Waals surface area (Å²) in [6.45, 7) is 6.32. The van der Waals surface area contributed by atoms with Crippen LogP contribution in [0.5, 0.6) is 0 Å². The first-order chi connectivity index (χ1) is 7.49. The van der Waals surface area contributed by atoms with Gasteiger partial charge in [-0.1, -0.05) is 26.0 Å². The number of nitro groups is 1. The first kappa shape index (κ1) is 12.6. The minimum absolute atomic E-state index is 0.147. The van der Waals surface area contributed by atoms with E-state index in [9.17, 15) is 10.1 Å². The van der Waals surface area contributed by atoms with Crippen LogP contribution in [0.2, 0.25) is 0 Å². The Kier molecular flexibility index (Phi) is 4.43. The van der Waals surface area contributed by atoms with Crippen molar-refractivity contribution in [1.82, 2.24) is 5.32 Å². The molecule has 4 heteroatoms. The lowest BCUT2D eigenvalue weighted by molar-refractivity contribution is -0.384. The highest BCUT2D eigenvalue weighted by Gasteiger charge is 2.07. The predicted octanol–water partition coefficient (Wildman–Crippen LogP) is 2.52. The zero-order valence-electron chi connectivity index (χ0n) is 9.93. The van der Waals surface area contributed by atoms with Gasteiger partial charge in [0.15, 0.2) is 0 Å². The highest BCUT2D eigenvalue weighted by atomic mass is 16.6. The number of nitrogens with one attached hydrogen (secondary N) is 1. The smallest absolute Gasteiger partial charge is 0.269 e. The van der Waals surface area contributed by atoms with E-state index < -0.39 is 0 Å². The fourth-order valence-electron chi connectivity index (χ4n) is 1.74. The van der Waals surface area contributed by atoms with E-state index in [1.54, 1.807) is 12.1 Å². The third-order valence-corrected chi connectivity index (χ3v) is 2.31. The Balaban J connectivity index is 2.58. The third-order valence-electron chi connectivity index (χ3n) is 2.31. The van der Waals surface area contributed by atoms with Gasteiger partial charge in [-0.15, -0.1) is 0 Å². The first-order valence-electron chi connectivity index (χ1n) is 5.48. The molecule has 0 saturated carbocycles. The second kappa shape index (κ2) is 5.61. The minimum atomic E-state index is -0.375. The summed E-state index contributed by atoms with van der Waals surface area (Å²) in [7, 11) is 0. The predicted molar refractivity (Wildman–Crippen MR) is 64.5 cm³/mol. The van der Waals surface area contributed by atoms with Crippen molar-refractivity contribution < 1.29 is 4.92 Å². The molecule has 4 nitrogen and oxygen atoms in total. The van der Waals surface area contributed by atoms with Crippen molar-refractivity contribution in [3.8, 4) is 0 Å². The van der Waals surface area contributed by atoms with Crippen LogP contribution in [-0.4, -0.2) is 17.0 Å². The molecule has 0 aliphatic rings. The molecule has 0 radical (unpaired) electrons. The topological polar surface area (TPSA) is 55.2 Å². The highest BCUT2D eigenvalue weighted by molar-refractivity contribution is 5.33. The number of nitrogens with zero attached hydrogens (tertiary/aromatic N) is 1. The average Bonchev–Trinajstić information content (AvgIpc) is 2.16. The van der Waals surface area contributed by atoms with Crippen LogP contribution in [0, 0.1) is 10.1 Å². The zero-order chi connectivity index (χ0) is 12.1. The molecule has 1 N–H and O–H groups in total. The molecule has 0 aliphatic heterocycles. The summed E-state index contributed by atoms with van der Waals surface area (Å²) < 4.78 is 0. The van der Waals surface area contributed by atoms with Crippen LogP contribution < -0.4 is 5.32 Å². The van der Waals surface area contributed by atoms with Gasteiger partial charge in [0, 0.05) is 24.2 Å². The molecule has 1 atom stereocenters. The Morgan fingerprint density at radius 1 is 1.25 bits per heavy atom. The van der Waals surface area contributed by atoms with Crippen molar-refractivity contribution >= 4 is 5.69 Å². The fourth-order valence-corrected chi connectivity index (χ4v) is 1.74. The Morgan fingerprint density at radius 2 is 1.81 bits per heavy atom. The van der Waals surface area contributed by atoms with Gasteiger partial charge in [-0.25, -0.2) is 0 Å². The molecule has 0 bridgehead atoms. The molecule has 1 aromatic carbocycles. The summed E-state index contributed by atoms with van der Waals surface area (Å²) in [6.07, 6.45) is 0.885. The lowest BCUT2D eigenvalue weighted by atomic mass is 10.1. The van der Waals surface area contributed by atoms with Crippen LogP contribution >= 0.6 is 0 Å². The molecule has 16 heavy (non-hydrogen) atoms. The molecule has 0 fully saturated rings. The summed E-state index contributed by atoms with van der Waals surface area (Å²) in [4.78, 5) is 10.1. The van der Waals surface area contributed by atoms with Gasteiger partial charge in [0.2, 0.25) is 0 Å². The third kappa shape index (κ3) is 3.98. The molecule has 1 unspecified atom stereocenters. The Bertz CT molecular complexity index is 347. The molecule has 0 aromatic heterocycles. The lowest BCUT2D eigenvalue weighted by Gasteiger charge is -2.16. The Morgan fingerprint density at radius 3 is 2.25 bits per heavy atom. The van der Waals surface area contributed by atoms with Crippen molar-refractivity contribution in [2.24, 2.45) is 0 Å². The summed E-state index contributed by atoms with van der Waals surface area (Å²) >= 11 is 0. The molecular weight excluding hydrogens is 204 g/mol. The first-order valence-corrected chi connectivity index (χ1v) is 5.48. The molecule has 0 heterocycles. The van der Waals surface area contributed by atoms with Crippen LogP contribution in [0.1, 0.15) is 26.3 Å². The molecule has 0 saturated heterocycles. The van der Waals surface area contributed by atoms with E-state index in [1.165, 1.54) is 0 Å². The van der Waals surface area contributed by atoms with E-state index in [-0.39, 0.29) is 10.6 Å². The van der Waals surface area contributed by atoms with E-state index in [2.05, 4.69) is 26.1 Å². The Labute approximate surface area is 95.8 Å². The molecule has 0 amide bonds. The van der Waals surface area contributed by atoms with E-state index in [4.69, 9.17) is 0 Å². The molecular formula is C12H18N2O2. The van der Waals surface area contributed by atoms with Crippen LogP contribution in [0.3, 0.4) is 0 Å². The normalized spacial score (nSPS) is 12.8. The number of hydrogen-bond acceptors (Lipinski definition) is 3. The maximum absolute atomic E-state index is 10.5. The number of rotatable bonds is 5. The van der Waals surface area contributed by atoms with Gasteiger partial charge in [-0.3, -0.25) is 10.1 Å². The second-order valence-corrected chi connectivity index (χ2v) is 4.35. The monoisotopic (exact) mass is 222 g/mol. The quantitative estimate of drug-likeness (QED) is 0.615. The van der Waals surface area contributed by atoms with Crippen molar-refractivity contribution in [1.29, 1.82) is 0 Å². The largest absolute Gasteiger partial charge is 0.312 e. The van der Waals surface area contributed by atoms with E-state index in [0.717, 1.165) is 12.0 Å².